The third-order valence-corrected chi connectivity index (χ3v) is 4.46. The first kappa shape index (κ1) is 17.2. The van der Waals surface area contributed by atoms with Gasteiger partial charge in [0.25, 0.3) is 0 Å². The maximum absolute atomic E-state index is 6.20. The summed E-state index contributed by atoms with van der Waals surface area (Å²) in [5.74, 6) is 0.443. The van der Waals surface area contributed by atoms with E-state index in [4.69, 9.17) is 11.6 Å². The zero-order valence-corrected chi connectivity index (χ0v) is 15.5. The van der Waals surface area contributed by atoms with E-state index in [0.717, 1.165) is 33.4 Å². The minimum atomic E-state index is 0.443. The van der Waals surface area contributed by atoms with Crippen molar-refractivity contribution in [3.63, 3.8) is 0 Å². The van der Waals surface area contributed by atoms with E-state index >= 15 is 0 Å². The van der Waals surface area contributed by atoms with Crippen LogP contribution in [0.2, 0.25) is 5.02 Å². The van der Waals surface area contributed by atoms with Crippen LogP contribution >= 0.6 is 11.6 Å². The Bertz CT molecular complexity index is 1110. The molecular weight excluding hydrogens is 356 g/mol. The zero-order chi connectivity index (χ0) is 18.6. The molecule has 5 heteroatoms. The van der Waals surface area contributed by atoms with Crippen LogP contribution in [0.1, 0.15) is 12.5 Å². The van der Waals surface area contributed by atoms with E-state index in [2.05, 4.69) is 20.5 Å². The summed E-state index contributed by atoms with van der Waals surface area (Å²) in [6.45, 7) is 1.95. The van der Waals surface area contributed by atoms with Crippen LogP contribution in [0.3, 0.4) is 0 Å². The molecule has 0 aliphatic heterocycles. The molecule has 1 N–H and O–H groups in total. The maximum atomic E-state index is 6.20. The molecule has 4 aromatic rings. The maximum Gasteiger partial charge on any atom is 0.244 e. The Hall–Kier alpha value is -3.24. The summed E-state index contributed by atoms with van der Waals surface area (Å²) in [5, 5.41) is 6.00. The summed E-state index contributed by atoms with van der Waals surface area (Å²) in [6.07, 6.45) is 0. The van der Waals surface area contributed by atoms with Gasteiger partial charge >= 0.3 is 0 Å². The van der Waals surface area contributed by atoms with E-state index in [1.165, 1.54) is 0 Å². The van der Waals surface area contributed by atoms with Crippen molar-refractivity contribution in [2.24, 2.45) is 5.10 Å². The van der Waals surface area contributed by atoms with Gasteiger partial charge in [-0.1, -0.05) is 72.3 Å². The van der Waals surface area contributed by atoms with Crippen molar-refractivity contribution < 1.29 is 0 Å². The van der Waals surface area contributed by atoms with E-state index in [9.17, 15) is 0 Å². The highest BCUT2D eigenvalue weighted by molar-refractivity contribution is 6.31. The van der Waals surface area contributed by atoms with Gasteiger partial charge in [0.1, 0.15) is 0 Å². The van der Waals surface area contributed by atoms with E-state index in [-0.39, 0.29) is 0 Å². The molecule has 27 heavy (non-hydrogen) atoms. The standard InChI is InChI=1S/C22H17ClN4/c1-15(16-8-4-2-5-9-16)26-27-22-24-20-13-12-18(23)14-19(20)21(25-22)17-10-6-3-7-11-17/h2-14H,1H3,(H,24,25,27). The molecule has 132 valence electrons. The van der Waals surface area contributed by atoms with Gasteiger partial charge in [0.05, 0.1) is 16.9 Å². The number of halogens is 1. The lowest BCUT2D eigenvalue weighted by Gasteiger charge is -2.09. The van der Waals surface area contributed by atoms with Crippen molar-refractivity contribution in [2.45, 2.75) is 6.92 Å². The van der Waals surface area contributed by atoms with E-state index in [0.29, 0.717) is 11.0 Å². The highest BCUT2D eigenvalue weighted by Crippen LogP contribution is 2.29. The highest BCUT2D eigenvalue weighted by Gasteiger charge is 2.10. The van der Waals surface area contributed by atoms with E-state index < -0.39 is 0 Å². The van der Waals surface area contributed by atoms with Gasteiger partial charge in [-0.3, -0.25) is 0 Å². The fourth-order valence-corrected chi connectivity index (χ4v) is 3.02. The van der Waals surface area contributed by atoms with Gasteiger partial charge in [0.15, 0.2) is 0 Å². The number of nitrogens with one attached hydrogen (secondary N) is 1. The third-order valence-electron chi connectivity index (χ3n) is 4.22. The smallest absolute Gasteiger partial charge is 0.244 e. The summed E-state index contributed by atoms with van der Waals surface area (Å²) in [5.41, 5.74) is 7.52. The number of nitrogens with zero attached hydrogens (tertiary/aromatic N) is 3. The van der Waals surface area contributed by atoms with Crippen LogP contribution in [0.25, 0.3) is 22.2 Å². The Kier molecular flexibility index (Phi) is 4.81. The van der Waals surface area contributed by atoms with Gasteiger partial charge in [-0.25, -0.2) is 15.4 Å². The molecule has 0 aliphatic rings. The van der Waals surface area contributed by atoms with Gasteiger partial charge in [-0.15, -0.1) is 0 Å². The van der Waals surface area contributed by atoms with Crippen LogP contribution in [0.5, 0.6) is 0 Å². The molecule has 0 unspecified atom stereocenters. The SMILES string of the molecule is CC(=NNc1nc(-c2ccccc2)c2cc(Cl)ccc2n1)c1ccccc1. The summed E-state index contributed by atoms with van der Waals surface area (Å²) in [6, 6.07) is 25.6. The fraction of sp³-hybridized carbons (Fsp3) is 0.0455. The predicted octanol–water partition coefficient (Wildman–Crippen LogP) is 5.79. The second-order valence-electron chi connectivity index (χ2n) is 6.10. The number of benzene rings is 3. The Morgan fingerprint density at radius 2 is 1.59 bits per heavy atom. The largest absolute Gasteiger partial charge is 0.245 e. The average molecular weight is 373 g/mol. The van der Waals surface area contributed by atoms with Crippen molar-refractivity contribution >= 4 is 34.2 Å². The molecule has 0 bridgehead atoms. The van der Waals surface area contributed by atoms with Crippen molar-refractivity contribution in [1.29, 1.82) is 0 Å². The van der Waals surface area contributed by atoms with Gasteiger partial charge in [0.2, 0.25) is 5.95 Å². The van der Waals surface area contributed by atoms with Crippen molar-refractivity contribution in [3.8, 4) is 11.3 Å². The Balaban J connectivity index is 1.77. The number of fused-ring (bicyclic) bond motifs is 1. The average Bonchev–Trinajstić information content (AvgIpc) is 2.73. The molecule has 0 amide bonds. The van der Waals surface area contributed by atoms with E-state index in [1.807, 2.05) is 85.8 Å². The summed E-state index contributed by atoms with van der Waals surface area (Å²) in [4.78, 5) is 9.27. The van der Waals surface area contributed by atoms with E-state index in [1.54, 1.807) is 0 Å². The van der Waals surface area contributed by atoms with Crippen LogP contribution < -0.4 is 5.43 Å². The van der Waals surface area contributed by atoms with Gasteiger partial charge in [-0.05, 0) is 30.7 Å². The second kappa shape index (κ2) is 7.56. The van der Waals surface area contributed by atoms with Gasteiger partial charge in [0, 0.05) is 16.0 Å². The number of hydrogen-bond acceptors (Lipinski definition) is 4. The van der Waals surface area contributed by atoms with Gasteiger partial charge in [-0.2, -0.15) is 5.10 Å². The second-order valence-corrected chi connectivity index (χ2v) is 6.53. The molecule has 1 heterocycles. The van der Waals surface area contributed by atoms with Crippen molar-refractivity contribution in [1.82, 2.24) is 9.97 Å². The molecule has 0 fully saturated rings. The van der Waals surface area contributed by atoms with Crippen LogP contribution in [-0.4, -0.2) is 15.7 Å². The Labute approximate surface area is 162 Å². The first-order valence-corrected chi connectivity index (χ1v) is 8.97. The topological polar surface area (TPSA) is 50.2 Å². The lowest BCUT2D eigenvalue weighted by atomic mass is 10.1. The molecule has 0 saturated heterocycles. The molecule has 0 radical (unpaired) electrons. The lowest BCUT2D eigenvalue weighted by Crippen LogP contribution is -2.03. The number of hydrogen-bond donors (Lipinski definition) is 1. The number of hydrazone groups is 1. The molecule has 1 aromatic heterocycles. The molecule has 4 nitrogen and oxygen atoms in total. The molecule has 3 aromatic carbocycles. The third kappa shape index (κ3) is 3.81. The monoisotopic (exact) mass is 372 g/mol. The van der Waals surface area contributed by atoms with Crippen LogP contribution in [0.4, 0.5) is 5.95 Å². The molecular formula is C22H17ClN4. The number of rotatable bonds is 4. The minimum absolute atomic E-state index is 0.443. The van der Waals surface area contributed by atoms with Crippen LogP contribution in [-0.2, 0) is 0 Å². The fourth-order valence-electron chi connectivity index (χ4n) is 2.84. The summed E-state index contributed by atoms with van der Waals surface area (Å²) < 4.78 is 0. The van der Waals surface area contributed by atoms with Crippen molar-refractivity contribution in [2.75, 3.05) is 5.43 Å². The normalized spacial score (nSPS) is 11.6. The minimum Gasteiger partial charge on any atom is -0.245 e. The summed E-state index contributed by atoms with van der Waals surface area (Å²) in [7, 11) is 0. The quantitative estimate of drug-likeness (QED) is 0.364. The zero-order valence-electron chi connectivity index (χ0n) is 14.7. The first-order valence-electron chi connectivity index (χ1n) is 8.59. The van der Waals surface area contributed by atoms with Gasteiger partial charge < -0.3 is 0 Å². The molecule has 4 rings (SSSR count). The lowest BCUT2D eigenvalue weighted by molar-refractivity contribution is 1.15. The molecule has 0 saturated carbocycles. The molecule has 0 aliphatic carbocycles. The Morgan fingerprint density at radius 1 is 0.889 bits per heavy atom. The number of aromatic nitrogens is 2. The number of anilines is 1. The van der Waals surface area contributed by atoms with Crippen LogP contribution in [0, 0.1) is 0 Å². The first-order chi connectivity index (χ1) is 13.2. The molecule has 0 atom stereocenters. The predicted molar refractivity (Wildman–Crippen MR) is 112 cm³/mol. The van der Waals surface area contributed by atoms with Crippen molar-refractivity contribution in [3.05, 3.63) is 89.4 Å². The van der Waals surface area contributed by atoms with Crippen LogP contribution in [0.15, 0.2) is 84.0 Å². The Morgan fingerprint density at radius 3 is 2.33 bits per heavy atom. The summed E-state index contributed by atoms with van der Waals surface area (Å²) >= 11 is 6.20. The molecule has 0 spiro atoms. The highest BCUT2D eigenvalue weighted by atomic mass is 35.5.